The van der Waals surface area contributed by atoms with E-state index >= 15 is 0 Å². The largest absolute Gasteiger partial charge is 0.494 e. The highest BCUT2D eigenvalue weighted by Gasteiger charge is 2.28. The summed E-state index contributed by atoms with van der Waals surface area (Å²) in [5.41, 5.74) is 0.784. The van der Waals surface area contributed by atoms with Gasteiger partial charge in [-0.15, -0.1) is 5.10 Å². The fraction of sp³-hybridized carbons (Fsp3) is 0.619. The van der Waals surface area contributed by atoms with E-state index in [0.29, 0.717) is 12.6 Å². The number of benzene rings is 1. The Morgan fingerprint density at radius 2 is 1.82 bits per heavy atom. The van der Waals surface area contributed by atoms with Crippen molar-refractivity contribution >= 4 is 5.78 Å². The van der Waals surface area contributed by atoms with Crippen LogP contribution in [0.1, 0.15) is 67.7 Å². The van der Waals surface area contributed by atoms with Gasteiger partial charge in [-0.25, -0.2) is 4.68 Å². The Kier molecular flexibility index (Phi) is 6.00. The van der Waals surface area contributed by atoms with Gasteiger partial charge in [0.2, 0.25) is 0 Å². The molecule has 1 saturated carbocycles. The number of tetrazole rings is 1. The predicted molar refractivity (Wildman–Crippen MR) is 105 cm³/mol. The average Bonchev–Trinajstić information content (AvgIpc) is 3.40. The maximum Gasteiger partial charge on any atom is 0.166 e. The number of ether oxygens (including phenoxy) is 1. The number of rotatable bonds is 7. The van der Waals surface area contributed by atoms with E-state index < -0.39 is 0 Å². The van der Waals surface area contributed by atoms with E-state index in [1.165, 1.54) is 25.7 Å². The van der Waals surface area contributed by atoms with Crippen LogP contribution in [-0.4, -0.2) is 50.6 Å². The highest BCUT2D eigenvalue weighted by atomic mass is 16.5. The molecule has 2 heterocycles. The zero-order valence-electron chi connectivity index (χ0n) is 16.6. The number of piperidine rings is 1. The third kappa shape index (κ3) is 4.24. The number of hydrogen-bond acceptors (Lipinski definition) is 6. The molecule has 2 aromatic rings. The molecule has 2 fully saturated rings. The number of ketones is 1. The number of Topliss-reactive ketones (excluding diaryl/α,β-unsaturated/α-hetero) is 1. The summed E-state index contributed by atoms with van der Waals surface area (Å²) in [6, 6.07) is 8.00. The first-order chi connectivity index (χ1) is 13.7. The van der Waals surface area contributed by atoms with Gasteiger partial charge in [-0.2, -0.15) is 0 Å². The monoisotopic (exact) mass is 383 g/mol. The SMILES string of the molecule is CCOc1ccc(C(=O)C2CCN(Cc3nnnn3C3CCCC3)CC2)cc1. The smallest absolute Gasteiger partial charge is 0.166 e. The average molecular weight is 383 g/mol. The lowest BCUT2D eigenvalue weighted by atomic mass is 9.89. The van der Waals surface area contributed by atoms with E-state index in [9.17, 15) is 4.79 Å². The van der Waals surface area contributed by atoms with Gasteiger partial charge in [-0.05, 0) is 80.4 Å². The Hall–Kier alpha value is -2.28. The van der Waals surface area contributed by atoms with Gasteiger partial charge in [0.05, 0.1) is 19.2 Å². The maximum absolute atomic E-state index is 12.8. The topological polar surface area (TPSA) is 73.1 Å². The molecule has 0 spiro atoms. The summed E-state index contributed by atoms with van der Waals surface area (Å²) in [6.07, 6.45) is 6.66. The number of aromatic nitrogens is 4. The molecule has 4 rings (SSSR count). The molecule has 1 aliphatic carbocycles. The second-order valence-corrected chi connectivity index (χ2v) is 7.85. The normalized spacial score (nSPS) is 19.2. The van der Waals surface area contributed by atoms with Crippen LogP contribution in [0.5, 0.6) is 5.75 Å². The Bertz CT molecular complexity index is 774. The third-order valence-electron chi connectivity index (χ3n) is 6.00. The molecule has 150 valence electrons. The van der Waals surface area contributed by atoms with Crippen molar-refractivity contribution in [1.29, 1.82) is 0 Å². The van der Waals surface area contributed by atoms with Crippen molar-refractivity contribution in [3.05, 3.63) is 35.7 Å². The minimum absolute atomic E-state index is 0.0972. The van der Waals surface area contributed by atoms with Crippen LogP contribution in [0, 0.1) is 5.92 Å². The molecule has 0 atom stereocenters. The number of carbonyl (C=O) groups excluding carboxylic acids is 1. The molecule has 28 heavy (non-hydrogen) atoms. The number of likely N-dealkylation sites (tertiary alicyclic amines) is 1. The molecule has 7 heteroatoms. The van der Waals surface area contributed by atoms with Crippen molar-refractivity contribution < 1.29 is 9.53 Å². The first-order valence-electron chi connectivity index (χ1n) is 10.5. The summed E-state index contributed by atoms with van der Waals surface area (Å²) in [5.74, 6) is 2.12. The van der Waals surface area contributed by atoms with E-state index in [-0.39, 0.29) is 11.7 Å². The summed E-state index contributed by atoms with van der Waals surface area (Å²) in [6.45, 7) is 5.18. The Labute approximate surface area is 166 Å². The van der Waals surface area contributed by atoms with Gasteiger partial charge >= 0.3 is 0 Å². The number of carbonyl (C=O) groups is 1. The summed E-state index contributed by atoms with van der Waals surface area (Å²) in [4.78, 5) is 15.2. The van der Waals surface area contributed by atoms with E-state index in [0.717, 1.165) is 49.6 Å². The standard InChI is InChI=1S/C21H29N5O2/c1-2-28-19-9-7-16(8-10-19)21(27)17-11-13-25(14-12-17)15-20-22-23-24-26(20)18-5-3-4-6-18/h7-10,17-18H,2-6,11-15H2,1H3. The second kappa shape index (κ2) is 8.82. The van der Waals surface area contributed by atoms with E-state index in [1.54, 1.807) is 0 Å². The van der Waals surface area contributed by atoms with Crippen LogP contribution in [0.25, 0.3) is 0 Å². The Morgan fingerprint density at radius 1 is 1.11 bits per heavy atom. The number of hydrogen-bond donors (Lipinski definition) is 0. The van der Waals surface area contributed by atoms with Crippen molar-refractivity contribution in [1.82, 2.24) is 25.1 Å². The van der Waals surface area contributed by atoms with Gasteiger partial charge in [0.1, 0.15) is 5.75 Å². The lowest BCUT2D eigenvalue weighted by molar-refractivity contribution is 0.0831. The van der Waals surface area contributed by atoms with Gasteiger partial charge < -0.3 is 4.74 Å². The van der Waals surface area contributed by atoms with Crippen molar-refractivity contribution in [3.8, 4) is 5.75 Å². The van der Waals surface area contributed by atoms with E-state index in [2.05, 4.69) is 20.4 Å². The summed E-state index contributed by atoms with van der Waals surface area (Å²) in [5, 5.41) is 12.4. The first kappa shape index (κ1) is 19.1. The molecule has 0 N–H and O–H groups in total. The van der Waals surface area contributed by atoms with E-state index in [1.807, 2.05) is 35.9 Å². The van der Waals surface area contributed by atoms with Gasteiger partial charge in [0.15, 0.2) is 11.6 Å². The number of nitrogens with zero attached hydrogens (tertiary/aromatic N) is 5. The molecule has 1 saturated heterocycles. The fourth-order valence-corrected chi connectivity index (χ4v) is 4.42. The highest BCUT2D eigenvalue weighted by molar-refractivity contribution is 5.98. The summed E-state index contributed by atoms with van der Waals surface area (Å²) in [7, 11) is 0. The van der Waals surface area contributed by atoms with Crippen molar-refractivity contribution in [2.75, 3.05) is 19.7 Å². The van der Waals surface area contributed by atoms with Crippen LogP contribution >= 0.6 is 0 Å². The molecule has 0 radical (unpaired) electrons. The van der Waals surface area contributed by atoms with Crippen molar-refractivity contribution in [3.63, 3.8) is 0 Å². The van der Waals surface area contributed by atoms with Crippen molar-refractivity contribution in [2.24, 2.45) is 5.92 Å². The molecule has 2 aliphatic rings. The fourth-order valence-electron chi connectivity index (χ4n) is 4.42. The van der Waals surface area contributed by atoms with Crippen LogP contribution in [0.3, 0.4) is 0 Å². The zero-order chi connectivity index (χ0) is 19.3. The molecular formula is C21H29N5O2. The van der Waals surface area contributed by atoms with Crippen LogP contribution < -0.4 is 4.74 Å². The quantitative estimate of drug-likeness (QED) is 0.683. The van der Waals surface area contributed by atoms with Gasteiger partial charge in [-0.1, -0.05) is 12.8 Å². The molecular weight excluding hydrogens is 354 g/mol. The Morgan fingerprint density at radius 3 is 2.50 bits per heavy atom. The first-order valence-corrected chi connectivity index (χ1v) is 10.5. The zero-order valence-corrected chi connectivity index (χ0v) is 16.6. The minimum atomic E-state index is 0.0972. The molecule has 0 bridgehead atoms. The second-order valence-electron chi connectivity index (χ2n) is 7.85. The lowest BCUT2D eigenvalue weighted by Crippen LogP contribution is -2.36. The minimum Gasteiger partial charge on any atom is -0.494 e. The third-order valence-corrected chi connectivity index (χ3v) is 6.00. The highest BCUT2D eigenvalue weighted by Crippen LogP contribution is 2.30. The van der Waals surface area contributed by atoms with Crippen LogP contribution in [-0.2, 0) is 6.54 Å². The summed E-state index contributed by atoms with van der Waals surface area (Å²) >= 11 is 0. The maximum atomic E-state index is 12.8. The lowest BCUT2D eigenvalue weighted by Gasteiger charge is -2.31. The van der Waals surface area contributed by atoms with E-state index in [4.69, 9.17) is 4.74 Å². The van der Waals surface area contributed by atoms with Gasteiger partial charge in [-0.3, -0.25) is 9.69 Å². The molecule has 7 nitrogen and oxygen atoms in total. The molecule has 0 amide bonds. The van der Waals surface area contributed by atoms with Crippen LogP contribution in [0.2, 0.25) is 0 Å². The molecule has 1 aliphatic heterocycles. The van der Waals surface area contributed by atoms with Crippen LogP contribution in [0.4, 0.5) is 0 Å². The van der Waals surface area contributed by atoms with Gasteiger partial charge in [0.25, 0.3) is 0 Å². The predicted octanol–water partition coefficient (Wildman–Crippen LogP) is 3.28. The van der Waals surface area contributed by atoms with Crippen LogP contribution in [0.15, 0.2) is 24.3 Å². The summed E-state index contributed by atoms with van der Waals surface area (Å²) < 4.78 is 7.49. The van der Waals surface area contributed by atoms with Crippen molar-refractivity contribution in [2.45, 2.75) is 58.0 Å². The van der Waals surface area contributed by atoms with Gasteiger partial charge in [0, 0.05) is 11.5 Å². The molecule has 0 unspecified atom stereocenters. The molecule has 1 aromatic carbocycles. The Balaban J connectivity index is 1.31. The molecule has 1 aromatic heterocycles.